The predicted molar refractivity (Wildman–Crippen MR) is 111 cm³/mol. The lowest BCUT2D eigenvalue weighted by atomic mass is 10.1. The summed E-state index contributed by atoms with van der Waals surface area (Å²) in [6.45, 7) is 1.24. The maximum absolute atomic E-state index is 13.1. The summed E-state index contributed by atoms with van der Waals surface area (Å²) in [5.41, 5.74) is 1.74. The second-order valence-electron chi connectivity index (χ2n) is 6.83. The number of aliphatic imine (C=N–C) groups is 1. The number of amides is 1. The molecule has 5 rings (SSSR count). The summed E-state index contributed by atoms with van der Waals surface area (Å²) < 4.78 is 2.72. The first-order valence-corrected chi connectivity index (χ1v) is 9.67. The number of nitrogens with zero attached hydrogens (tertiary/aromatic N) is 5. The third-order valence-corrected chi connectivity index (χ3v) is 5.28. The molecule has 9 heteroatoms. The van der Waals surface area contributed by atoms with Gasteiger partial charge in [-0.15, -0.1) is 5.10 Å². The summed E-state index contributed by atoms with van der Waals surface area (Å²) in [6.07, 6.45) is 0.875. The van der Waals surface area contributed by atoms with E-state index in [2.05, 4.69) is 15.4 Å². The van der Waals surface area contributed by atoms with Crippen LogP contribution in [0.1, 0.15) is 12.0 Å². The van der Waals surface area contributed by atoms with Crippen molar-refractivity contribution >= 4 is 35.0 Å². The SMILES string of the molecule is O=C(Cn1nc2n(c1=O)-c1ccccc1C1=NCCCN12)Nc1ccccc1Cl. The number of nitrogens with one attached hydrogen (secondary N) is 1. The molecule has 2 aliphatic rings. The summed E-state index contributed by atoms with van der Waals surface area (Å²) in [4.78, 5) is 32.2. The lowest BCUT2D eigenvalue weighted by molar-refractivity contribution is -0.117. The first-order valence-electron chi connectivity index (χ1n) is 9.29. The number of aromatic nitrogens is 3. The van der Waals surface area contributed by atoms with Crippen molar-refractivity contribution in [3.05, 3.63) is 69.6 Å². The van der Waals surface area contributed by atoms with Crippen molar-refractivity contribution in [2.75, 3.05) is 23.3 Å². The molecule has 0 atom stereocenters. The first kappa shape index (κ1) is 17.7. The van der Waals surface area contributed by atoms with Gasteiger partial charge in [-0.05, 0) is 30.7 Å². The maximum Gasteiger partial charge on any atom is 0.352 e. The summed E-state index contributed by atoms with van der Waals surface area (Å²) in [6, 6.07) is 14.5. The molecule has 1 N–H and O–H groups in total. The highest BCUT2D eigenvalue weighted by atomic mass is 35.5. The summed E-state index contributed by atoms with van der Waals surface area (Å²) in [7, 11) is 0. The minimum absolute atomic E-state index is 0.216. The molecule has 29 heavy (non-hydrogen) atoms. The van der Waals surface area contributed by atoms with Gasteiger partial charge in [-0.3, -0.25) is 14.7 Å². The van der Waals surface area contributed by atoms with Crippen LogP contribution < -0.4 is 15.9 Å². The number of anilines is 2. The van der Waals surface area contributed by atoms with Crippen molar-refractivity contribution in [1.82, 2.24) is 14.3 Å². The average molecular weight is 409 g/mol. The van der Waals surface area contributed by atoms with Crippen molar-refractivity contribution in [3.8, 4) is 5.69 Å². The molecule has 0 fully saturated rings. The normalized spacial score (nSPS) is 14.5. The van der Waals surface area contributed by atoms with Gasteiger partial charge in [0.2, 0.25) is 11.9 Å². The molecule has 1 amide bonds. The van der Waals surface area contributed by atoms with Gasteiger partial charge >= 0.3 is 5.69 Å². The van der Waals surface area contributed by atoms with Crippen LogP contribution in [0.2, 0.25) is 5.02 Å². The Morgan fingerprint density at radius 3 is 2.79 bits per heavy atom. The molecular formula is C20H17ClN6O2. The van der Waals surface area contributed by atoms with Crippen LogP contribution in [0.5, 0.6) is 0 Å². The van der Waals surface area contributed by atoms with Crippen LogP contribution in [0.25, 0.3) is 5.69 Å². The number of hydrogen-bond acceptors (Lipinski definition) is 5. The van der Waals surface area contributed by atoms with Crippen LogP contribution in [-0.4, -0.2) is 39.2 Å². The second kappa shape index (κ2) is 6.89. The largest absolute Gasteiger partial charge is 0.352 e. The lowest BCUT2D eigenvalue weighted by Crippen LogP contribution is -2.42. The zero-order valence-electron chi connectivity index (χ0n) is 15.4. The van der Waals surface area contributed by atoms with Gasteiger partial charge in [-0.2, -0.15) is 0 Å². The van der Waals surface area contributed by atoms with Crippen LogP contribution in [-0.2, 0) is 11.3 Å². The van der Waals surface area contributed by atoms with E-state index in [1.54, 1.807) is 28.8 Å². The van der Waals surface area contributed by atoms with Crippen molar-refractivity contribution in [3.63, 3.8) is 0 Å². The maximum atomic E-state index is 13.1. The number of para-hydroxylation sites is 2. The molecule has 0 saturated carbocycles. The number of benzene rings is 2. The van der Waals surface area contributed by atoms with Crippen molar-refractivity contribution in [1.29, 1.82) is 0 Å². The van der Waals surface area contributed by atoms with Gasteiger partial charge in [0.1, 0.15) is 12.4 Å². The Bertz CT molecular complexity index is 1210. The van der Waals surface area contributed by atoms with E-state index >= 15 is 0 Å². The highest BCUT2D eigenvalue weighted by molar-refractivity contribution is 6.33. The fourth-order valence-corrected chi connectivity index (χ4v) is 3.84. The van der Waals surface area contributed by atoms with E-state index in [9.17, 15) is 9.59 Å². The molecule has 146 valence electrons. The van der Waals surface area contributed by atoms with Crippen LogP contribution in [0, 0.1) is 0 Å². The standard InChI is InChI=1S/C20H17ClN6O2/c21-14-7-2-3-8-15(14)23-17(28)12-26-20(29)27-16-9-4-1-6-13(16)18-22-10-5-11-25(18)19(27)24-26/h1-4,6-9H,5,10-12H2,(H,23,28). The number of amidine groups is 1. The van der Waals surface area contributed by atoms with E-state index in [1.807, 2.05) is 29.2 Å². The monoisotopic (exact) mass is 408 g/mol. The van der Waals surface area contributed by atoms with E-state index in [4.69, 9.17) is 11.6 Å². The topological polar surface area (TPSA) is 84.5 Å². The number of hydrogen-bond donors (Lipinski definition) is 1. The third kappa shape index (κ3) is 2.92. The second-order valence-corrected chi connectivity index (χ2v) is 7.24. The molecule has 3 heterocycles. The molecule has 0 aliphatic carbocycles. The molecule has 0 unspecified atom stereocenters. The minimum Gasteiger partial charge on any atom is -0.323 e. The van der Waals surface area contributed by atoms with Crippen LogP contribution in [0.3, 0.4) is 0 Å². The number of halogens is 1. The quantitative estimate of drug-likeness (QED) is 0.720. The van der Waals surface area contributed by atoms with Crippen LogP contribution in [0.15, 0.2) is 58.3 Å². The molecule has 8 nitrogen and oxygen atoms in total. The molecular weight excluding hydrogens is 392 g/mol. The first-order chi connectivity index (χ1) is 14.1. The molecule has 0 radical (unpaired) electrons. The van der Waals surface area contributed by atoms with Gasteiger partial charge in [0.25, 0.3) is 0 Å². The fraction of sp³-hybridized carbons (Fsp3) is 0.200. The molecule has 0 bridgehead atoms. The van der Waals surface area contributed by atoms with Gasteiger partial charge in [0.05, 0.1) is 16.4 Å². The number of fused-ring (bicyclic) bond motifs is 6. The summed E-state index contributed by atoms with van der Waals surface area (Å²) in [5.74, 6) is 0.922. The van der Waals surface area contributed by atoms with Crippen molar-refractivity contribution < 1.29 is 4.79 Å². The zero-order chi connectivity index (χ0) is 20.0. The number of rotatable bonds is 3. The summed E-state index contributed by atoms with van der Waals surface area (Å²) in [5, 5.41) is 7.61. The van der Waals surface area contributed by atoms with E-state index < -0.39 is 0 Å². The Morgan fingerprint density at radius 1 is 1.14 bits per heavy atom. The van der Waals surface area contributed by atoms with Gasteiger partial charge in [0.15, 0.2) is 0 Å². The summed E-state index contributed by atoms with van der Waals surface area (Å²) >= 11 is 6.09. The molecule has 2 aliphatic heterocycles. The number of carbonyl (C=O) groups excluding carboxylic acids is 1. The van der Waals surface area contributed by atoms with Gasteiger partial charge in [-0.1, -0.05) is 35.9 Å². The fourth-order valence-electron chi connectivity index (χ4n) is 3.66. The third-order valence-electron chi connectivity index (χ3n) is 4.95. The average Bonchev–Trinajstić information content (AvgIpc) is 3.06. The smallest absolute Gasteiger partial charge is 0.323 e. The molecule has 3 aromatic rings. The molecule has 0 saturated heterocycles. The van der Waals surface area contributed by atoms with Crippen molar-refractivity contribution in [2.24, 2.45) is 4.99 Å². The van der Waals surface area contributed by atoms with Gasteiger partial charge < -0.3 is 5.32 Å². The predicted octanol–water partition coefficient (Wildman–Crippen LogP) is 2.30. The number of carbonyl (C=O) groups is 1. The zero-order valence-corrected chi connectivity index (χ0v) is 16.1. The van der Waals surface area contributed by atoms with Gasteiger partial charge in [-0.25, -0.2) is 14.0 Å². The lowest BCUT2D eigenvalue weighted by Gasteiger charge is -2.33. The minimum atomic E-state index is -0.378. The molecule has 2 aromatic carbocycles. The Labute approximate surface area is 171 Å². The van der Waals surface area contributed by atoms with Crippen LogP contribution in [0.4, 0.5) is 11.6 Å². The Hall–Kier alpha value is -3.39. The van der Waals surface area contributed by atoms with Gasteiger partial charge in [0, 0.05) is 18.7 Å². The van der Waals surface area contributed by atoms with E-state index in [0.29, 0.717) is 16.7 Å². The highest BCUT2D eigenvalue weighted by Gasteiger charge is 2.33. The Morgan fingerprint density at radius 2 is 1.93 bits per heavy atom. The van der Waals surface area contributed by atoms with E-state index in [-0.39, 0.29) is 18.1 Å². The Kier molecular flexibility index (Phi) is 4.21. The molecule has 1 aromatic heterocycles. The van der Waals surface area contributed by atoms with E-state index in [1.165, 1.54) is 4.68 Å². The van der Waals surface area contributed by atoms with Crippen LogP contribution >= 0.6 is 11.6 Å². The van der Waals surface area contributed by atoms with Crippen molar-refractivity contribution in [2.45, 2.75) is 13.0 Å². The Balaban J connectivity index is 1.53. The van der Waals surface area contributed by atoms with E-state index in [0.717, 1.165) is 36.6 Å². The molecule has 0 spiro atoms. The highest BCUT2D eigenvalue weighted by Crippen LogP contribution is 2.29.